The van der Waals surface area contributed by atoms with Crippen LogP contribution in [0.25, 0.3) is 0 Å². The van der Waals surface area contributed by atoms with Crippen LogP contribution in [0.1, 0.15) is 18.4 Å². The zero-order valence-corrected chi connectivity index (χ0v) is 17.9. The third-order valence-electron chi connectivity index (χ3n) is 4.49. The van der Waals surface area contributed by atoms with Crippen molar-refractivity contribution in [3.8, 4) is 0 Å². The van der Waals surface area contributed by atoms with E-state index in [1.54, 1.807) is 4.90 Å². The Morgan fingerprint density at radius 1 is 1.21 bits per heavy atom. The van der Waals surface area contributed by atoms with Crippen molar-refractivity contribution < 1.29 is 18.0 Å². The van der Waals surface area contributed by atoms with E-state index in [0.717, 1.165) is 16.9 Å². The van der Waals surface area contributed by atoms with E-state index < -0.39 is 21.8 Å². The Morgan fingerprint density at radius 2 is 1.93 bits per heavy atom. The van der Waals surface area contributed by atoms with Crippen molar-refractivity contribution >= 4 is 56.4 Å². The van der Waals surface area contributed by atoms with Gasteiger partial charge >= 0.3 is 0 Å². The minimum Gasteiger partial charge on any atom is -0.342 e. The molecule has 0 saturated carbocycles. The lowest BCUT2D eigenvalue weighted by Crippen LogP contribution is -2.47. The molecular weight excluding hydrogens is 443 g/mol. The summed E-state index contributed by atoms with van der Waals surface area (Å²) in [6.07, 6.45) is 1.38. The maximum absolute atomic E-state index is 12.5. The SMILES string of the molecule is O=C(NS(=O)(=O)c1cc(Cl)sc1Cl)C1CCCN(C(=O)Cc2ccccc2)C1. The van der Waals surface area contributed by atoms with Crippen LogP contribution in [-0.4, -0.2) is 38.2 Å². The molecule has 1 N–H and O–H groups in total. The number of hydrogen-bond donors (Lipinski definition) is 1. The Kier molecular flexibility index (Phi) is 6.65. The number of amides is 2. The molecule has 150 valence electrons. The summed E-state index contributed by atoms with van der Waals surface area (Å²) in [5.41, 5.74) is 0.894. The van der Waals surface area contributed by atoms with Crippen LogP contribution in [0.5, 0.6) is 0 Å². The molecule has 1 aromatic heterocycles. The molecule has 1 aliphatic rings. The number of nitrogens with zero attached hydrogens (tertiary/aromatic N) is 1. The lowest BCUT2D eigenvalue weighted by Gasteiger charge is -2.32. The number of thiophene rings is 1. The average molecular weight is 461 g/mol. The lowest BCUT2D eigenvalue weighted by molar-refractivity contribution is -0.134. The van der Waals surface area contributed by atoms with Crippen molar-refractivity contribution in [2.45, 2.75) is 24.2 Å². The highest BCUT2D eigenvalue weighted by Gasteiger charge is 2.32. The zero-order valence-electron chi connectivity index (χ0n) is 14.7. The first-order valence-corrected chi connectivity index (χ1v) is 11.6. The Hall–Kier alpha value is -1.61. The number of carbonyl (C=O) groups excluding carboxylic acids is 2. The summed E-state index contributed by atoms with van der Waals surface area (Å²) in [5, 5.41) is 0. The summed E-state index contributed by atoms with van der Waals surface area (Å²) in [6.45, 7) is 0.735. The third kappa shape index (κ3) is 5.05. The minimum atomic E-state index is -4.11. The van der Waals surface area contributed by atoms with Gasteiger partial charge in [0.05, 0.1) is 16.7 Å². The van der Waals surface area contributed by atoms with Crippen LogP contribution in [0.15, 0.2) is 41.3 Å². The predicted octanol–water partition coefficient (Wildman–Crippen LogP) is 3.34. The molecule has 0 radical (unpaired) electrons. The van der Waals surface area contributed by atoms with Gasteiger partial charge < -0.3 is 4.90 Å². The molecule has 2 amide bonds. The summed E-state index contributed by atoms with van der Waals surface area (Å²) in [4.78, 5) is 26.5. The van der Waals surface area contributed by atoms with Gasteiger partial charge in [-0.3, -0.25) is 9.59 Å². The van der Waals surface area contributed by atoms with Crippen molar-refractivity contribution in [3.05, 3.63) is 50.6 Å². The summed E-state index contributed by atoms with van der Waals surface area (Å²) < 4.78 is 27.1. The van der Waals surface area contributed by atoms with Gasteiger partial charge in [-0.05, 0) is 24.5 Å². The van der Waals surface area contributed by atoms with Gasteiger partial charge in [-0.15, -0.1) is 11.3 Å². The number of benzene rings is 1. The highest BCUT2D eigenvalue weighted by Crippen LogP contribution is 2.34. The van der Waals surface area contributed by atoms with Crippen LogP contribution in [-0.2, 0) is 26.0 Å². The van der Waals surface area contributed by atoms with E-state index in [4.69, 9.17) is 23.2 Å². The molecule has 3 rings (SSSR count). The normalized spacial score (nSPS) is 17.4. The van der Waals surface area contributed by atoms with Crippen LogP contribution in [0, 0.1) is 5.92 Å². The molecule has 28 heavy (non-hydrogen) atoms. The average Bonchev–Trinajstić information content (AvgIpc) is 3.01. The molecule has 10 heteroatoms. The Bertz CT molecular complexity index is 977. The molecule has 1 aromatic carbocycles. The van der Waals surface area contributed by atoms with Gasteiger partial charge in [-0.1, -0.05) is 53.5 Å². The molecule has 2 heterocycles. The third-order valence-corrected chi connectivity index (χ3v) is 7.59. The fraction of sp³-hybridized carbons (Fsp3) is 0.333. The Balaban J connectivity index is 1.64. The fourth-order valence-electron chi connectivity index (χ4n) is 3.08. The second-order valence-electron chi connectivity index (χ2n) is 6.50. The first kappa shape index (κ1) is 21.1. The van der Waals surface area contributed by atoms with E-state index >= 15 is 0 Å². The van der Waals surface area contributed by atoms with Gasteiger partial charge in [0.15, 0.2) is 0 Å². The Labute approximate surface area is 177 Å². The summed E-state index contributed by atoms with van der Waals surface area (Å²) in [5.74, 6) is -1.33. The minimum absolute atomic E-state index is 0.00592. The topological polar surface area (TPSA) is 83.6 Å². The van der Waals surface area contributed by atoms with E-state index in [1.807, 2.05) is 30.3 Å². The van der Waals surface area contributed by atoms with Gasteiger partial charge in [0.2, 0.25) is 11.8 Å². The van der Waals surface area contributed by atoms with Crippen LogP contribution < -0.4 is 4.72 Å². The van der Waals surface area contributed by atoms with Crippen LogP contribution in [0.4, 0.5) is 0 Å². The molecule has 1 atom stereocenters. The number of carbonyl (C=O) groups is 2. The number of sulfonamides is 1. The quantitative estimate of drug-likeness (QED) is 0.741. The van der Waals surface area contributed by atoms with Gasteiger partial charge in [0, 0.05) is 13.1 Å². The molecule has 0 bridgehead atoms. The summed E-state index contributed by atoms with van der Waals surface area (Å²) in [7, 11) is -4.11. The smallest absolute Gasteiger partial charge is 0.266 e. The van der Waals surface area contributed by atoms with Crippen LogP contribution in [0.2, 0.25) is 8.67 Å². The van der Waals surface area contributed by atoms with Gasteiger partial charge in [0.1, 0.15) is 9.23 Å². The highest BCUT2D eigenvalue weighted by molar-refractivity contribution is 7.90. The summed E-state index contributed by atoms with van der Waals surface area (Å²) >= 11 is 12.6. The zero-order chi connectivity index (χ0) is 20.3. The number of nitrogens with one attached hydrogen (secondary N) is 1. The standard InChI is InChI=1S/C18H18Cl2N2O4S2/c19-15-10-14(17(20)27-15)28(25,26)21-18(24)13-7-4-8-22(11-13)16(23)9-12-5-2-1-3-6-12/h1-3,5-6,10,13H,4,7-9,11H2,(H,21,24). The van der Waals surface area contributed by atoms with E-state index in [9.17, 15) is 18.0 Å². The van der Waals surface area contributed by atoms with Gasteiger partial charge in [-0.2, -0.15) is 0 Å². The van der Waals surface area contributed by atoms with Crippen molar-refractivity contribution in [2.24, 2.45) is 5.92 Å². The molecular formula is C18H18Cl2N2O4S2. The van der Waals surface area contributed by atoms with Crippen molar-refractivity contribution in [1.82, 2.24) is 9.62 Å². The largest absolute Gasteiger partial charge is 0.342 e. The highest BCUT2D eigenvalue weighted by atomic mass is 35.5. The van der Waals surface area contributed by atoms with Crippen molar-refractivity contribution in [3.63, 3.8) is 0 Å². The first-order chi connectivity index (χ1) is 13.3. The van der Waals surface area contributed by atoms with Crippen LogP contribution in [0.3, 0.4) is 0 Å². The molecule has 6 nitrogen and oxygen atoms in total. The van der Waals surface area contributed by atoms with Crippen molar-refractivity contribution in [1.29, 1.82) is 0 Å². The second-order valence-corrected chi connectivity index (χ2v) is 10.4. The molecule has 1 unspecified atom stereocenters. The number of likely N-dealkylation sites (tertiary alicyclic amines) is 1. The number of rotatable bonds is 5. The predicted molar refractivity (Wildman–Crippen MR) is 109 cm³/mol. The first-order valence-electron chi connectivity index (χ1n) is 8.59. The molecule has 1 aliphatic heterocycles. The summed E-state index contributed by atoms with van der Waals surface area (Å²) in [6, 6.07) is 10.6. The van der Waals surface area contributed by atoms with Gasteiger partial charge in [-0.25, -0.2) is 13.1 Å². The number of hydrogen-bond acceptors (Lipinski definition) is 5. The maximum Gasteiger partial charge on any atom is 0.266 e. The fourth-order valence-corrected chi connectivity index (χ4v) is 6.27. The Morgan fingerprint density at radius 3 is 2.57 bits per heavy atom. The number of piperidine rings is 1. The van der Waals surface area contributed by atoms with E-state index in [1.165, 1.54) is 6.07 Å². The number of halogens is 2. The second kappa shape index (κ2) is 8.82. The molecule has 1 saturated heterocycles. The molecule has 0 aliphatic carbocycles. The maximum atomic E-state index is 12.5. The van der Waals surface area contributed by atoms with E-state index in [-0.39, 0.29) is 32.4 Å². The van der Waals surface area contributed by atoms with Gasteiger partial charge in [0.25, 0.3) is 10.0 Å². The monoisotopic (exact) mass is 460 g/mol. The molecule has 2 aromatic rings. The van der Waals surface area contributed by atoms with Crippen LogP contribution >= 0.6 is 34.5 Å². The molecule has 1 fully saturated rings. The van der Waals surface area contributed by atoms with Crippen molar-refractivity contribution in [2.75, 3.05) is 13.1 Å². The lowest BCUT2D eigenvalue weighted by atomic mass is 9.97. The molecule has 0 spiro atoms. The van der Waals surface area contributed by atoms with E-state index in [0.29, 0.717) is 19.4 Å². The van der Waals surface area contributed by atoms with E-state index in [2.05, 4.69) is 4.72 Å².